The van der Waals surface area contributed by atoms with Crippen molar-refractivity contribution in [3.63, 3.8) is 0 Å². The standard InChI is InChI=1S/C21H16ClN3O2S/c1-25-12-15(20(24-25)13-5-4-6-16(22)10-13)9-14(11-19(26)27)21-23-17-7-2-3-8-18(17)28-21/h2-10,12H,11H2,1H3,(H,26,27)/b14-9+. The Bertz CT molecular complexity index is 1180. The molecule has 4 rings (SSSR count). The minimum atomic E-state index is -0.904. The summed E-state index contributed by atoms with van der Waals surface area (Å²) in [5, 5.41) is 15.3. The molecule has 0 spiro atoms. The third kappa shape index (κ3) is 3.83. The number of fused-ring (bicyclic) bond motifs is 1. The molecule has 0 saturated carbocycles. The molecular formula is C21H16ClN3O2S. The average Bonchev–Trinajstić information content (AvgIpc) is 3.24. The van der Waals surface area contributed by atoms with Crippen molar-refractivity contribution in [3.8, 4) is 11.3 Å². The van der Waals surface area contributed by atoms with Crippen LogP contribution in [0, 0.1) is 0 Å². The van der Waals surface area contributed by atoms with Crippen molar-refractivity contribution in [1.29, 1.82) is 0 Å². The van der Waals surface area contributed by atoms with Gasteiger partial charge < -0.3 is 5.11 Å². The van der Waals surface area contributed by atoms with Crippen LogP contribution >= 0.6 is 22.9 Å². The number of hydrogen-bond acceptors (Lipinski definition) is 4. The van der Waals surface area contributed by atoms with Crippen LogP contribution in [0.15, 0.2) is 54.7 Å². The van der Waals surface area contributed by atoms with E-state index in [1.54, 1.807) is 10.7 Å². The Morgan fingerprint density at radius 3 is 2.82 bits per heavy atom. The molecule has 2 aromatic heterocycles. The third-order valence-electron chi connectivity index (χ3n) is 4.20. The van der Waals surface area contributed by atoms with Crippen LogP contribution in [0.4, 0.5) is 0 Å². The summed E-state index contributed by atoms with van der Waals surface area (Å²) >= 11 is 7.62. The second kappa shape index (κ2) is 7.58. The number of nitrogens with zero attached hydrogens (tertiary/aromatic N) is 3. The summed E-state index contributed by atoms with van der Waals surface area (Å²) in [5.41, 5.74) is 3.94. The van der Waals surface area contributed by atoms with Crippen molar-refractivity contribution >= 4 is 50.8 Å². The first-order valence-electron chi connectivity index (χ1n) is 8.57. The molecule has 2 aromatic carbocycles. The second-order valence-electron chi connectivity index (χ2n) is 6.34. The van der Waals surface area contributed by atoms with E-state index in [1.165, 1.54) is 11.3 Å². The summed E-state index contributed by atoms with van der Waals surface area (Å²) in [6.45, 7) is 0. The van der Waals surface area contributed by atoms with Gasteiger partial charge in [-0.15, -0.1) is 11.3 Å². The fourth-order valence-corrected chi connectivity index (χ4v) is 4.19. The molecule has 0 aliphatic heterocycles. The number of aliphatic carboxylic acids is 1. The van der Waals surface area contributed by atoms with Gasteiger partial charge in [-0.05, 0) is 35.9 Å². The predicted molar refractivity (Wildman–Crippen MR) is 113 cm³/mol. The molecule has 4 aromatic rings. The van der Waals surface area contributed by atoms with E-state index in [-0.39, 0.29) is 6.42 Å². The van der Waals surface area contributed by atoms with Crippen LogP contribution in [0.2, 0.25) is 5.02 Å². The summed E-state index contributed by atoms with van der Waals surface area (Å²) in [7, 11) is 1.83. The molecule has 0 aliphatic rings. The predicted octanol–water partition coefficient (Wildman–Crippen LogP) is 5.37. The van der Waals surface area contributed by atoms with Gasteiger partial charge in [0, 0.05) is 29.4 Å². The van der Waals surface area contributed by atoms with E-state index in [1.807, 2.05) is 61.8 Å². The first-order chi connectivity index (χ1) is 13.5. The molecule has 28 heavy (non-hydrogen) atoms. The van der Waals surface area contributed by atoms with Gasteiger partial charge in [-0.25, -0.2) is 4.98 Å². The van der Waals surface area contributed by atoms with E-state index in [9.17, 15) is 9.90 Å². The zero-order valence-corrected chi connectivity index (χ0v) is 16.5. The lowest BCUT2D eigenvalue weighted by Gasteiger charge is -2.03. The van der Waals surface area contributed by atoms with E-state index in [0.29, 0.717) is 15.6 Å². The smallest absolute Gasteiger partial charge is 0.307 e. The molecule has 0 aliphatic carbocycles. The maximum Gasteiger partial charge on any atom is 0.307 e. The Hall–Kier alpha value is -2.96. The highest BCUT2D eigenvalue weighted by molar-refractivity contribution is 7.19. The number of aryl methyl sites for hydroxylation is 1. The van der Waals surface area contributed by atoms with Gasteiger partial charge in [-0.3, -0.25) is 9.48 Å². The highest BCUT2D eigenvalue weighted by Gasteiger charge is 2.16. The Morgan fingerprint density at radius 2 is 2.07 bits per heavy atom. The normalized spacial score (nSPS) is 11.9. The van der Waals surface area contributed by atoms with Crippen LogP contribution in [0.5, 0.6) is 0 Å². The molecule has 0 radical (unpaired) electrons. The van der Waals surface area contributed by atoms with E-state index in [0.717, 1.165) is 27.0 Å². The number of carboxylic acid groups (broad SMARTS) is 1. The average molecular weight is 410 g/mol. The van der Waals surface area contributed by atoms with Crippen molar-refractivity contribution < 1.29 is 9.90 Å². The number of para-hydroxylation sites is 1. The maximum absolute atomic E-state index is 11.5. The lowest BCUT2D eigenvalue weighted by atomic mass is 10.0. The first kappa shape index (κ1) is 18.4. The largest absolute Gasteiger partial charge is 0.481 e. The van der Waals surface area contributed by atoms with E-state index in [2.05, 4.69) is 10.1 Å². The van der Waals surface area contributed by atoms with Crippen molar-refractivity contribution in [2.45, 2.75) is 6.42 Å². The van der Waals surface area contributed by atoms with Crippen molar-refractivity contribution in [2.75, 3.05) is 0 Å². The molecule has 140 valence electrons. The molecule has 0 fully saturated rings. The fourth-order valence-electron chi connectivity index (χ4n) is 3.02. The van der Waals surface area contributed by atoms with Gasteiger partial charge in [0.15, 0.2) is 0 Å². The number of rotatable bonds is 5. The molecule has 0 amide bonds. The topological polar surface area (TPSA) is 68.0 Å². The third-order valence-corrected chi connectivity index (χ3v) is 5.54. The molecule has 0 saturated heterocycles. The fraction of sp³-hybridized carbons (Fsp3) is 0.0952. The monoisotopic (exact) mass is 409 g/mol. The summed E-state index contributed by atoms with van der Waals surface area (Å²) in [6, 6.07) is 15.2. The molecule has 7 heteroatoms. The number of thiazole rings is 1. The number of carbonyl (C=O) groups is 1. The Kier molecular flexibility index (Phi) is 4.98. The zero-order chi connectivity index (χ0) is 19.7. The van der Waals surface area contributed by atoms with Gasteiger partial charge in [0.25, 0.3) is 0 Å². The van der Waals surface area contributed by atoms with Gasteiger partial charge >= 0.3 is 5.97 Å². The summed E-state index contributed by atoms with van der Waals surface area (Å²) in [5.74, 6) is -0.904. The molecular weight excluding hydrogens is 394 g/mol. The van der Waals surface area contributed by atoms with E-state index >= 15 is 0 Å². The minimum absolute atomic E-state index is 0.121. The van der Waals surface area contributed by atoms with Crippen molar-refractivity contribution in [1.82, 2.24) is 14.8 Å². The second-order valence-corrected chi connectivity index (χ2v) is 7.81. The van der Waals surface area contributed by atoms with Crippen LogP contribution in [0.3, 0.4) is 0 Å². The number of aromatic nitrogens is 3. The first-order valence-corrected chi connectivity index (χ1v) is 9.77. The summed E-state index contributed by atoms with van der Waals surface area (Å²) in [6.07, 6.45) is 3.60. The molecule has 0 atom stereocenters. The Labute approximate surface area is 170 Å². The molecule has 0 bridgehead atoms. The van der Waals surface area contributed by atoms with Crippen LogP contribution in [-0.4, -0.2) is 25.8 Å². The van der Waals surface area contributed by atoms with Gasteiger partial charge in [0.05, 0.1) is 22.3 Å². The Morgan fingerprint density at radius 1 is 1.25 bits per heavy atom. The van der Waals surface area contributed by atoms with Crippen molar-refractivity contribution in [2.24, 2.45) is 7.05 Å². The number of benzene rings is 2. The summed E-state index contributed by atoms with van der Waals surface area (Å²) < 4.78 is 2.73. The summed E-state index contributed by atoms with van der Waals surface area (Å²) in [4.78, 5) is 16.1. The van der Waals surface area contributed by atoms with Crippen molar-refractivity contribution in [3.05, 3.63) is 70.3 Å². The van der Waals surface area contributed by atoms with Crippen LogP contribution < -0.4 is 0 Å². The van der Waals surface area contributed by atoms with Crippen LogP contribution in [0.25, 0.3) is 33.1 Å². The molecule has 2 heterocycles. The van der Waals surface area contributed by atoms with Gasteiger partial charge in [0.1, 0.15) is 5.01 Å². The zero-order valence-electron chi connectivity index (χ0n) is 15.0. The van der Waals surface area contributed by atoms with Gasteiger partial charge in [-0.2, -0.15) is 5.10 Å². The maximum atomic E-state index is 11.5. The number of carboxylic acids is 1. The lowest BCUT2D eigenvalue weighted by Crippen LogP contribution is -1.97. The van der Waals surface area contributed by atoms with Gasteiger partial charge in [-0.1, -0.05) is 35.9 Å². The van der Waals surface area contributed by atoms with E-state index < -0.39 is 5.97 Å². The number of halogens is 1. The van der Waals surface area contributed by atoms with Crippen LogP contribution in [0.1, 0.15) is 17.0 Å². The molecule has 0 unspecified atom stereocenters. The Balaban J connectivity index is 1.84. The molecule has 5 nitrogen and oxygen atoms in total. The lowest BCUT2D eigenvalue weighted by molar-refractivity contribution is -0.135. The SMILES string of the molecule is Cn1cc(/C=C(\CC(=O)O)c2nc3ccccc3s2)c(-c2cccc(Cl)c2)n1. The highest BCUT2D eigenvalue weighted by Crippen LogP contribution is 2.32. The van der Waals surface area contributed by atoms with Crippen LogP contribution in [-0.2, 0) is 11.8 Å². The van der Waals surface area contributed by atoms with Gasteiger partial charge in [0.2, 0.25) is 0 Å². The molecule has 1 N–H and O–H groups in total. The minimum Gasteiger partial charge on any atom is -0.481 e. The highest BCUT2D eigenvalue weighted by atomic mass is 35.5. The quantitative estimate of drug-likeness (QED) is 0.481. The van der Waals surface area contributed by atoms with E-state index in [4.69, 9.17) is 11.6 Å². The number of hydrogen-bond donors (Lipinski definition) is 1.